The van der Waals surface area contributed by atoms with Crippen molar-refractivity contribution < 1.29 is 14.3 Å². The normalized spacial score (nSPS) is 10.7. The lowest BCUT2D eigenvalue weighted by Crippen LogP contribution is -2.25. The molecule has 158 valence electrons. The summed E-state index contributed by atoms with van der Waals surface area (Å²) < 4.78 is 7.16. The maximum Gasteiger partial charge on any atom is 0.343 e. The summed E-state index contributed by atoms with van der Waals surface area (Å²) in [5.74, 6) is -0.468. The van der Waals surface area contributed by atoms with Gasteiger partial charge >= 0.3 is 5.97 Å². The van der Waals surface area contributed by atoms with Gasteiger partial charge in [0.25, 0.3) is 5.91 Å². The zero-order valence-electron chi connectivity index (χ0n) is 16.6. The number of benzene rings is 3. The fraction of sp³-hybridized carbons (Fsp3) is 0.0870. The highest BCUT2D eigenvalue weighted by Gasteiger charge is 2.11. The van der Waals surface area contributed by atoms with Gasteiger partial charge in [0.15, 0.2) is 0 Å². The molecule has 0 heterocycles. The van der Waals surface area contributed by atoms with Gasteiger partial charge in [-0.05, 0) is 67.1 Å². The van der Waals surface area contributed by atoms with Crippen LogP contribution in [0.3, 0.4) is 0 Å². The van der Waals surface area contributed by atoms with Gasteiger partial charge in [0.1, 0.15) is 5.75 Å². The zero-order chi connectivity index (χ0) is 22.2. The number of hydrazone groups is 1. The summed E-state index contributed by atoms with van der Waals surface area (Å²) in [6.07, 6.45) is 1.43. The van der Waals surface area contributed by atoms with Gasteiger partial charge in [-0.1, -0.05) is 44.0 Å². The minimum absolute atomic E-state index is 0.0741. The Morgan fingerprint density at radius 1 is 1.00 bits per heavy atom. The average Bonchev–Trinajstić information content (AvgIpc) is 2.74. The second kappa shape index (κ2) is 10.9. The van der Waals surface area contributed by atoms with Gasteiger partial charge in [0.05, 0.1) is 18.3 Å². The number of esters is 1. The highest BCUT2D eigenvalue weighted by molar-refractivity contribution is 9.10. The van der Waals surface area contributed by atoms with Gasteiger partial charge in [-0.3, -0.25) is 4.79 Å². The van der Waals surface area contributed by atoms with E-state index in [2.05, 4.69) is 47.7 Å². The number of hydrogen-bond acceptors (Lipinski definition) is 5. The van der Waals surface area contributed by atoms with Gasteiger partial charge in [-0.25, -0.2) is 10.2 Å². The Morgan fingerprint density at radius 3 is 2.48 bits per heavy atom. The van der Waals surface area contributed by atoms with Crippen molar-refractivity contribution in [3.05, 3.63) is 92.4 Å². The van der Waals surface area contributed by atoms with Crippen LogP contribution in [0.4, 0.5) is 5.69 Å². The van der Waals surface area contributed by atoms with Crippen molar-refractivity contribution in [1.29, 1.82) is 0 Å². The number of amides is 1. The zero-order valence-corrected chi connectivity index (χ0v) is 19.7. The lowest BCUT2D eigenvalue weighted by Gasteiger charge is -2.08. The number of carbonyl (C=O) groups excluding carboxylic acids is 2. The number of halogens is 2. The summed E-state index contributed by atoms with van der Waals surface area (Å²) in [7, 11) is 0. The van der Waals surface area contributed by atoms with E-state index in [-0.39, 0.29) is 12.5 Å². The molecule has 0 aliphatic heterocycles. The van der Waals surface area contributed by atoms with Crippen LogP contribution in [0.5, 0.6) is 5.75 Å². The number of nitrogens with one attached hydrogen (secondary N) is 2. The third-order valence-corrected chi connectivity index (χ3v) is 5.14. The Hall–Kier alpha value is -2.97. The van der Waals surface area contributed by atoms with E-state index in [0.29, 0.717) is 16.9 Å². The first-order chi connectivity index (χ1) is 14.9. The molecule has 6 nitrogen and oxygen atoms in total. The standard InChI is InChI=1S/C23H19Br2N3O3/c1-15-3-2-4-20(11-15)26-14-22(29)28-27-13-17-12-19(25)9-10-21(17)31-23(30)16-5-7-18(24)8-6-16/h2-13,26H,14H2,1H3,(H,28,29)/b27-13+. The molecule has 8 heteroatoms. The summed E-state index contributed by atoms with van der Waals surface area (Å²) in [6, 6.07) is 19.7. The van der Waals surface area contributed by atoms with Gasteiger partial charge in [-0.15, -0.1) is 0 Å². The first-order valence-corrected chi connectivity index (χ1v) is 10.9. The number of carbonyl (C=O) groups is 2. The van der Waals surface area contributed by atoms with E-state index in [9.17, 15) is 9.59 Å². The number of aryl methyl sites for hydroxylation is 1. The van der Waals surface area contributed by atoms with Gasteiger partial charge in [0.2, 0.25) is 0 Å². The Balaban J connectivity index is 1.61. The molecular formula is C23H19Br2N3O3. The molecule has 0 bridgehead atoms. The molecular weight excluding hydrogens is 526 g/mol. The van der Waals surface area contributed by atoms with E-state index in [0.717, 1.165) is 20.2 Å². The number of anilines is 1. The molecule has 0 saturated carbocycles. The lowest BCUT2D eigenvalue weighted by molar-refractivity contribution is -0.119. The van der Waals surface area contributed by atoms with Crippen LogP contribution in [0, 0.1) is 6.92 Å². The number of rotatable bonds is 7. The van der Waals surface area contributed by atoms with Crippen molar-refractivity contribution in [1.82, 2.24) is 5.43 Å². The Labute approximate surface area is 197 Å². The van der Waals surface area contributed by atoms with Crippen LogP contribution < -0.4 is 15.5 Å². The Bertz CT molecular complexity index is 1120. The van der Waals surface area contributed by atoms with Crippen LogP contribution in [-0.4, -0.2) is 24.6 Å². The lowest BCUT2D eigenvalue weighted by atomic mass is 10.2. The van der Waals surface area contributed by atoms with Crippen molar-refractivity contribution in [2.45, 2.75) is 6.92 Å². The fourth-order valence-corrected chi connectivity index (χ4v) is 3.25. The molecule has 2 N–H and O–H groups in total. The summed E-state index contributed by atoms with van der Waals surface area (Å²) in [5, 5.41) is 7.02. The molecule has 0 aliphatic carbocycles. The SMILES string of the molecule is Cc1cccc(NCC(=O)N/N=C/c2cc(Br)ccc2OC(=O)c2ccc(Br)cc2)c1. The molecule has 1 amide bonds. The third-order valence-electron chi connectivity index (χ3n) is 4.12. The van der Waals surface area contributed by atoms with E-state index in [1.807, 2.05) is 31.2 Å². The van der Waals surface area contributed by atoms with Crippen LogP contribution in [0.25, 0.3) is 0 Å². The second-order valence-corrected chi connectivity index (χ2v) is 8.43. The number of ether oxygens (including phenoxy) is 1. The second-order valence-electron chi connectivity index (χ2n) is 6.59. The molecule has 0 fully saturated rings. The van der Waals surface area contributed by atoms with Gasteiger partial charge < -0.3 is 10.1 Å². The predicted molar refractivity (Wildman–Crippen MR) is 129 cm³/mol. The van der Waals surface area contributed by atoms with Crippen LogP contribution in [0.15, 0.2) is 80.8 Å². The predicted octanol–water partition coefficient (Wildman–Crippen LogP) is 5.30. The van der Waals surface area contributed by atoms with Crippen molar-refractivity contribution in [3.63, 3.8) is 0 Å². The minimum Gasteiger partial charge on any atom is -0.422 e. The molecule has 0 unspecified atom stereocenters. The smallest absolute Gasteiger partial charge is 0.343 e. The minimum atomic E-state index is -0.490. The summed E-state index contributed by atoms with van der Waals surface area (Å²) >= 11 is 6.72. The topological polar surface area (TPSA) is 79.8 Å². The maximum absolute atomic E-state index is 12.4. The molecule has 0 aromatic heterocycles. The molecule has 3 aromatic rings. The largest absolute Gasteiger partial charge is 0.422 e. The highest BCUT2D eigenvalue weighted by atomic mass is 79.9. The monoisotopic (exact) mass is 543 g/mol. The van der Waals surface area contributed by atoms with Crippen molar-refractivity contribution >= 4 is 55.6 Å². The molecule has 3 rings (SSSR count). The van der Waals surface area contributed by atoms with Crippen LogP contribution in [0.2, 0.25) is 0 Å². The quantitative estimate of drug-likeness (QED) is 0.183. The number of nitrogens with zero attached hydrogens (tertiary/aromatic N) is 1. The first kappa shape index (κ1) is 22.7. The molecule has 0 spiro atoms. The van der Waals surface area contributed by atoms with Crippen LogP contribution in [-0.2, 0) is 4.79 Å². The van der Waals surface area contributed by atoms with E-state index in [4.69, 9.17) is 4.74 Å². The van der Waals surface area contributed by atoms with Crippen LogP contribution >= 0.6 is 31.9 Å². The molecule has 3 aromatic carbocycles. The maximum atomic E-state index is 12.4. The van der Waals surface area contributed by atoms with Crippen molar-refractivity contribution in [2.24, 2.45) is 5.10 Å². The first-order valence-electron chi connectivity index (χ1n) is 9.30. The fourth-order valence-electron chi connectivity index (χ4n) is 2.61. The molecule has 0 saturated heterocycles. The summed E-state index contributed by atoms with van der Waals surface area (Å²) in [4.78, 5) is 24.5. The average molecular weight is 545 g/mol. The molecule has 0 radical (unpaired) electrons. The Kier molecular flexibility index (Phi) is 7.97. The summed E-state index contributed by atoms with van der Waals surface area (Å²) in [6.45, 7) is 2.05. The van der Waals surface area contributed by atoms with E-state index in [1.54, 1.807) is 42.5 Å². The van der Waals surface area contributed by atoms with Gasteiger partial charge in [-0.2, -0.15) is 5.10 Å². The van der Waals surface area contributed by atoms with E-state index >= 15 is 0 Å². The Morgan fingerprint density at radius 2 is 1.74 bits per heavy atom. The molecule has 0 atom stereocenters. The van der Waals surface area contributed by atoms with Crippen molar-refractivity contribution in [2.75, 3.05) is 11.9 Å². The van der Waals surface area contributed by atoms with E-state index < -0.39 is 5.97 Å². The van der Waals surface area contributed by atoms with Crippen LogP contribution in [0.1, 0.15) is 21.5 Å². The molecule has 0 aliphatic rings. The number of hydrogen-bond donors (Lipinski definition) is 2. The van der Waals surface area contributed by atoms with Crippen molar-refractivity contribution in [3.8, 4) is 5.75 Å². The third kappa shape index (κ3) is 7.04. The highest BCUT2D eigenvalue weighted by Crippen LogP contribution is 2.23. The van der Waals surface area contributed by atoms with E-state index in [1.165, 1.54) is 6.21 Å². The van der Waals surface area contributed by atoms with Gasteiger partial charge in [0, 0.05) is 20.2 Å². The molecule has 31 heavy (non-hydrogen) atoms. The summed E-state index contributed by atoms with van der Waals surface area (Å²) in [5.41, 5.74) is 5.37.